The predicted molar refractivity (Wildman–Crippen MR) is 184 cm³/mol. The summed E-state index contributed by atoms with van der Waals surface area (Å²) in [7, 11) is -11.9. The fraction of sp³-hybridized carbons (Fsp3) is 0.368. The van der Waals surface area contributed by atoms with Gasteiger partial charge in [0.1, 0.15) is 4.90 Å². The molecule has 0 N–H and O–H groups in total. The van der Waals surface area contributed by atoms with Crippen LogP contribution in [0.4, 0.5) is 65.9 Å². The Morgan fingerprint density at radius 2 is 0.724 bits per heavy atom. The van der Waals surface area contributed by atoms with Crippen molar-refractivity contribution in [3.05, 3.63) is 117 Å². The molecule has 0 aromatic heterocycles. The minimum atomic E-state index is -7.40. The van der Waals surface area contributed by atoms with Gasteiger partial charge in [0, 0.05) is 14.7 Å². The summed E-state index contributed by atoms with van der Waals surface area (Å²) in [5.74, 6) is -1.63. The Bertz CT molecular complexity index is 2110. The van der Waals surface area contributed by atoms with Crippen molar-refractivity contribution in [2.24, 2.45) is 0 Å². The van der Waals surface area contributed by atoms with Gasteiger partial charge in [0.05, 0.1) is 27.8 Å². The van der Waals surface area contributed by atoms with Crippen molar-refractivity contribution in [3.63, 3.8) is 0 Å². The lowest BCUT2D eigenvalue weighted by Crippen LogP contribution is -2.34. The van der Waals surface area contributed by atoms with E-state index in [9.17, 15) is 74.3 Å². The van der Waals surface area contributed by atoms with E-state index in [1.807, 2.05) is 0 Å². The lowest BCUT2D eigenvalue weighted by atomic mass is 9.89. The van der Waals surface area contributed by atoms with Crippen LogP contribution in [-0.2, 0) is 44.6 Å². The van der Waals surface area contributed by atoms with E-state index >= 15 is 0 Å². The van der Waals surface area contributed by atoms with Gasteiger partial charge in [-0.2, -0.15) is 74.3 Å². The van der Waals surface area contributed by atoms with Crippen LogP contribution in [0.2, 0.25) is 0 Å². The van der Waals surface area contributed by atoms with Crippen molar-refractivity contribution in [2.75, 3.05) is 0 Å². The molecule has 0 spiro atoms. The number of rotatable bonds is 9. The van der Waals surface area contributed by atoms with Crippen LogP contribution in [0, 0.1) is 0 Å². The van der Waals surface area contributed by atoms with E-state index in [4.69, 9.17) is 3.63 Å². The van der Waals surface area contributed by atoms with Gasteiger partial charge in [-0.05, 0) is 69.0 Å². The molecular weight excluding hydrogens is 854 g/mol. The Balaban J connectivity index is 2.51. The molecule has 0 saturated heterocycles. The molecule has 0 aliphatic rings. The molecule has 4 aromatic carbocycles. The van der Waals surface area contributed by atoms with Crippen molar-refractivity contribution in [3.8, 4) is 0 Å². The van der Waals surface area contributed by atoms with Gasteiger partial charge < -0.3 is 0 Å². The Morgan fingerprint density at radius 1 is 0.431 bits per heavy atom. The van der Waals surface area contributed by atoms with E-state index in [0.29, 0.717) is 5.56 Å². The molecule has 0 bridgehead atoms. The molecule has 0 aliphatic carbocycles. The lowest BCUT2D eigenvalue weighted by Gasteiger charge is -2.43. The van der Waals surface area contributed by atoms with E-state index in [2.05, 4.69) is 0 Å². The molecule has 0 fully saturated rings. The number of halogens is 15. The topological polar surface area (TPSA) is 43.4 Å². The maximum atomic E-state index is 15.0. The van der Waals surface area contributed by atoms with Crippen LogP contribution < -0.4 is 0 Å². The normalized spacial score (nSPS) is 14.2. The highest BCUT2D eigenvalue weighted by atomic mass is 32.3. The summed E-state index contributed by atoms with van der Waals surface area (Å²) in [5.41, 5.74) is -20.6. The molecular formula is C38H33F15O3S2. The summed E-state index contributed by atoms with van der Waals surface area (Å²) in [6.07, 6.45) is -35.9. The maximum Gasteiger partial charge on any atom is 0.418 e. The smallest absolute Gasteiger partial charge is 0.203 e. The number of benzene rings is 4. The first-order valence-corrected chi connectivity index (χ1v) is 19.8. The fourth-order valence-electron chi connectivity index (χ4n) is 6.47. The highest BCUT2D eigenvalue weighted by Crippen LogP contribution is 2.73. The van der Waals surface area contributed by atoms with Gasteiger partial charge in [-0.1, -0.05) is 90.1 Å². The molecule has 320 valence electrons. The van der Waals surface area contributed by atoms with Crippen molar-refractivity contribution in [2.45, 2.75) is 110 Å². The number of hydrogen-bond donors (Lipinski definition) is 0. The van der Waals surface area contributed by atoms with Crippen LogP contribution in [0.3, 0.4) is 0 Å². The Kier molecular flexibility index (Phi) is 12.6. The summed E-state index contributed by atoms with van der Waals surface area (Å²) < 4.78 is 255. The monoisotopic (exact) mass is 886 g/mol. The van der Waals surface area contributed by atoms with Crippen LogP contribution in [0.5, 0.6) is 0 Å². The third-order valence-electron chi connectivity index (χ3n) is 8.83. The minimum absolute atomic E-state index is 0.180. The van der Waals surface area contributed by atoms with Crippen molar-refractivity contribution >= 4 is 20.4 Å². The molecule has 0 aliphatic heterocycles. The van der Waals surface area contributed by atoms with Crippen molar-refractivity contribution in [1.82, 2.24) is 0 Å². The summed E-state index contributed by atoms with van der Waals surface area (Å²) in [5, 5.41) is 0. The third kappa shape index (κ3) is 8.83. The standard InChI is InChI=1S/C38H33F15O3S2/c1-19(2)22-17-25(20(3)4)32(26(18-22)21(5)6)57(23-13-9-7-10-14-23,24-15-11-8-12-16-24)56-58(54,55)33-30(37(48,49)50)28(35(42,43)44)27(34(39,40)41)29(36(45,46)47)31(33)38(51,52)53/h7-21H,1-6H3. The summed E-state index contributed by atoms with van der Waals surface area (Å²) in [6.45, 7) is 9.82. The molecule has 0 atom stereocenters. The van der Waals surface area contributed by atoms with Crippen LogP contribution in [-0.4, -0.2) is 8.42 Å². The Labute approximate surface area is 324 Å². The molecule has 4 aromatic rings. The Hall–Kier alpha value is -3.91. The van der Waals surface area contributed by atoms with Gasteiger partial charge in [-0.15, -0.1) is 0 Å². The highest BCUT2D eigenvalue weighted by Gasteiger charge is 2.63. The molecule has 0 unspecified atom stereocenters. The molecule has 0 saturated carbocycles. The van der Waals surface area contributed by atoms with E-state index in [-0.39, 0.29) is 31.7 Å². The summed E-state index contributed by atoms with van der Waals surface area (Å²) in [6, 6.07) is 15.3. The van der Waals surface area contributed by atoms with Crippen LogP contribution in [0.25, 0.3) is 0 Å². The second-order valence-electron chi connectivity index (χ2n) is 13.9. The van der Waals surface area contributed by atoms with Gasteiger partial charge in [-0.25, -0.2) is 3.63 Å². The molecule has 58 heavy (non-hydrogen) atoms. The molecule has 20 heteroatoms. The molecule has 4 rings (SSSR count). The largest absolute Gasteiger partial charge is 0.418 e. The van der Waals surface area contributed by atoms with E-state index in [1.165, 1.54) is 36.4 Å². The first-order valence-electron chi connectivity index (χ1n) is 16.9. The molecule has 0 radical (unpaired) electrons. The predicted octanol–water partition coefficient (Wildman–Crippen LogP) is 14.8. The summed E-state index contributed by atoms with van der Waals surface area (Å²) >= 11 is 0. The third-order valence-corrected chi connectivity index (χ3v) is 14.2. The van der Waals surface area contributed by atoms with Gasteiger partial charge in [-0.3, -0.25) is 0 Å². The SMILES string of the molecule is CC(C)c1cc(C(C)C)c(S(OS(=O)(=O)c2c(C(F)(F)F)c(C(F)(F)F)c(C(F)(F)F)c(C(F)(F)F)c2C(F)(F)F)(c2ccccc2)c2ccccc2)c(C(C)C)c1. The second kappa shape index (κ2) is 15.6. The number of alkyl halides is 15. The van der Waals surface area contributed by atoms with Crippen molar-refractivity contribution in [1.29, 1.82) is 0 Å². The average Bonchev–Trinajstić information content (AvgIpc) is 3.07. The van der Waals surface area contributed by atoms with Crippen LogP contribution in [0.1, 0.15) is 104 Å². The zero-order valence-corrected chi connectivity index (χ0v) is 32.5. The number of hydrogen-bond acceptors (Lipinski definition) is 3. The zero-order chi connectivity index (χ0) is 44.4. The van der Waals surface area contributed by atoms with E-state index in [0.717, 1.165) is 24.3 Å². The molecule has 0 heterocycles. The zero-order valence-electron chi connectivity index (χ0n) is 30.9. The quantitative estimate of drug-likeness (QED) is 0.157. The van der Waals surface area contributed by atoms with Gasteiger partial charge >= 0.3 is 41.0 Å². The van der Waals surface area contributed by atoms with Gasteiger partial charge in [0.15, 0.2) is 0 Å². The first kappa shape index (κ1) is 46.8. The highest BCUT2D eigenvalue weighted by molar-refractivity contribution is 8.33. The average molecular weight is 887 g/mol. The maximum absolute atomic E-state index is 15.0. The van der Waals surface area contributed by atoms with Crippen molar-refractivity contribution < 1.29 is 77.9 Å². The van der Waals surface area contributed by atoms with E-state index < -0.39 is 95.9 Å². The van der Waals surface area contributed by atoms with Gasteiger partial charge in [0.2, 0.25) is 0 Å². The fourth-order valence-corrected chi connectivity index (χ4v) is 12.7. The minimum Gasteiger partial charge on any atom is -0.203 e. The van der Waals surface area contributed by atoms with Crippen LogP contribution in [0.15, 0.2) is 92.4 Å². The Morgan fingerprint density at radius 3 is 0.983 bits per heavy atom. The molecule has 0 amide bonds. The van der Waals surface area contributed by atoms with E-state index in [1.54, 1.807) is 53.7 Å². The van der Waals surface area contributed by atoms with Crippen LogP contribution >= 0.6 is 10.3 Å². The molecule has 3 nitrogen and oxygen atoms in total. The second-order valence-corrected chi connectivity index (χ2v) is 18.2. The van der Waals surface area contributed by atoms with Gasteiger partial charge in [0.25, 0.3) is 0 Å². The lowest BCUT2D eigenvalue weighted by molar-refractivity contribution is -0.191. The summed E-state index contributed by atoms with van der Waals surface area (Å²) in [4.78, 5) is -4.69. The first-order chi connectivity index (χ1) is 26.2.